The van der Waals surface area contributed by atoms with E-state index in [0.29, 0.717) is 40.1 Å². The summed E-state index contributed by atoms with van der Waals surface area (Å²) < 4.78 is 12.4. The average molecular weight is 473 g/mol. The number of methoxy groups -OCH3 is 1. The maximum absolute atomic E-state index is 13.7. The highest BCUT2D eigenvalue weighted by molar-refractivity contribution is 5.86. The van der Waals surface area contributed by atoms with E-state index in [0.717, 1.165) is 10.9 Å². The maximum Gasteiger partial charge on any atom is 0.264 e. The minimum absolute atomic E-state index is 0.182. The molecule has 4 N–H and O–H groups in total. The van der Waals surface area contributed by atoms with Crippen LogP contribution in [0.1, 0.15) is 30.1 Å². The largest absolute Gasteiger partial charge is 0.481 e. The Morgan fingerprint density at radius 2 is 2.03 bits per heavy atom. The maximum atomic E-state index is 13.7. The molecule has 5 aromatic rings. The summed E-state index contributed by atoms with van der Waals surface area (Å²) in [6, 6.07) is 8.92. The molecule has 0 aliphatic carbocycles. The summed E-state index contributed by atoms with van der Waals surface area (Å²) in [7, 11) is 1.52. The summed E-state index contributed by atoms with van der Waals surface area (Å²) in [5, 5.41) is 19.8. The zero-order valence-corrected chi connectivity index (χ0v) is 19.5. The van der Waals surface area contributed by atoms with Crippen LogP contribution in [0.15, 0.2) is 45.9 Å². The monoisotopic (exact) mass is 473 g/mol. The van der Waals surface area contributed by atoms with Gasteiger partial charge in [0.05, 0.1) is 24.2 Å². The normalized spacial score (nSPS) is 12.1. The van der Waals surface area contributed by atoms with Crippen LogP contribution in [-0.2, 0) is 0 Å². The molecule has 0 aliphatic rings. The molecule has 0 saturated carbocycles. The van der Waals surface area contributed by atoms with Crippen LogP contribution in [0.5, 0.6) is 5.88 Å². The van der Waals surface area contributed by atoms with Crippen molar-refractivity contribution in [1.82, 2.24) is 34.9 Å². The van der Waals surface area contributed by atoms with Gasteiger partial charge in [-0.2, -0.15) is 5.10 Å². The highest BCUT2D eigenvalue weighted by Gasteiger charge is 2.23. The fourth-order valence-corrected chi connectivity index (χ4v) is 4.02. The number of nitrogens with one attached hydrogen (secondary N) is 2. The number of nitrogens with zero attached hydrogens (tertiary/aromatic N) is 6. The van der Waals surface area contributed by atoms with E-state index >= 15 is 0 Å². The molecule has 35 heavy (non-hydrogen) atoms. The highest BCUT2D eigenvalue weighted by Crippen LogP contribution is 2.32. The molecule has 5 rings (SSSR count). The Morgan fingerprint density at radius 1 is 1.20 bits per heavy atom. The lowest BCUT2D eigenvalue weighted by atomic mass is 10.0. The first-order valence-corrected chi connectivity index (χ1v) is 10.8. The van der Waals surface area contributed by atoms with Crippen molar-refractivity contribution < 1.29 is 9.15 Å². The predicted octanol–water partition coefficient (Wildman–Crippen LogP) is 2.93. The molecule has 1 atom stereocenters. The van der Waals surface area contributed by atoms with Gasteiger partial charge in [-0.25, -0.2) is 15.1 Å². The molecule has 0 amide bonds. The Hall–Kier alpha value is -4.74. The van der Waals surface area contributed by atoms with Crippen molar-refractivity contribution >= 4 is 22.4 Å². The molecule has 0 bridgehead atoms. The van der Waals surface area contributed by atoms with Gasteiger partial charge in [0, 0.05) is 13.0 Å². The van der Waals surface area contributed by atoms with Crippen molar-refractivity contribution in [2.75, 3.05) is 18.2 Å². The van der Waals surface area contributed by atoms with Crippen molar-refractivity contribution in [2.45, 2.75) is 26.8 Å². The van der Waals surface area contributed by atoms with Gasteiger partial charge in [0.1, 0.15) is 23.5 Å². The molecule has 1 unspecified atom stereocenters. The highest BCUT2D eigenvalue weighted by atomic mass is 16.5. The van der Waals surface area contributed by atoms with Crippen molar-refractivity contribution in [3.05, 3.63) is 64.2 Å². The third-order valence-corrected chi connectivity index (χ3v) is 5.69. The van der Waals surface area contributed by atoms with Gasteiger partial charge in [-0.1, -0.05) is 18.2 Å². The van der Waals surface area contributed by atoms with Crippen molar-refractivity contribution in [1.29, 1.82) is 0 Å². The fourth-order valence-electron chi connectivity index (χ4n) is 4.02. The number of rotatable bonds is 6. The molecule has 12 heteroatoms. The van der Waals surface area contributed by atoms with Gasteiger partial charge in [-0.05, 0) is 30.9 Å². The van der Waals surface area contributed by atoms with E-state index in [9.17, 15) is 4.79 Å². The number of H-pyrrole nitrogens is 1. The number of pyridine rings is 1. The second-order valence-electron chi connectivity index (χ2n) is 8.02. The first-order valence-electron chi connectivity index (χ1n) is 10.8. The summed E-state index contributed by atoms with van der Waals surface area (Å²) in [4.78, 5) is 22.1. The molecule has 0 spiro atoms. The molecule has 12 nitrogen and oxygen atoms in total. The van der Waals surface area contributed by atoms with Crippen LogP contribution < -0.4 is 21.3 Å². The summed E-state index contributed by atoms with van der Waals surface area (Å²) in [6.07, 6.45) is 1.34. The quantitative estimate of drug-likeness (QED) is 0.334. The number of fused-ring (bicyclic) bond motifs is 1. The Labute approximate surface area is 199 Å². The van der Waals surface area contributed by atoms with Crippen LogP contribution >= 0.6 is 0 Å². The minimum atomic E-state index is -0.424. The number of nitrogens with two attached hydrogens (primary N) is 1. The molecule has 0 saturated heterocycles. The van der Waals surface area contributed by atoms with Gasteiger partial charge < -0.3 is 20.2 Å². The van der Waals surface area contributed by atoms with E-state index < -0.39 is 6.04 Å². The van der Waals surface area contributed by atoms with Crippen LogP contribution in [0, 0.1) is 13.8 Å². The van der Waals surface area contributed by atoms with Gasteiger partial charge in [0.25, 0.3) is 11.4 Å². The second kappa shape index (κ2) is 8.56. The lowest BCUT2D eigenvalue weighted by Crippen LogP contribution is -2.26. The SMILES string of the molecule is COc1cc(-n2c(C(C)Nc3ncnc(N)c3-c3nnc(C)o3)cc3cccc(C)c3c2=O)n[nH]1. The zero-order chi connectivity index (χ0) is 24.7. The first-order chi connectivity index (χ1) is 16.9. The number of hydrogen-bond donors (Lipinski definition) is 3. The van der Waals surface area contributed by atoms with E-state index in [1.807, 2.05) is 38.1 Å². The molecule has 0 fully saturated rings. The average Bonchev–Trinajstić information content (AvgIpc) is 3.48. The molecular formula is C23H23N9O3. The Balaban J connectivity index is 1.67. The van der Waals surface area contributed by atoms with Crippen LogP contribution in [0.2, 0.25) is 0 Å². The topological polar surface area (TPSA) is 163 Å². The van der Waals surface area contributed by atoms with Crippen molar-refractivity contribution in [3.8, 4) is 23.2 Å². The number of aromatic amines is 1. The summed E-state index contributed by atoms with van der Waals surface area (Å²) >= 11 is 0. The third kappa shape index (κ3) is 3.84. The standard InChI is InChI=1S/C23H23N9O3/c1-11-6-5-7-14-8-15(32(23(33)18(11)14)16-9-17(34-4)30-29-16)12(2)27-21-19(20(24)25-10-26-21)22-31-28-13(3)35-22/h5-10,12H,1-4H3,(H,29,30)(H3,24,25,26,27). The van der Waals surface area contributed by atoms with Gasteiger partial charge in [0.2, 0.25) is 11.8 Å². The summed E-state index contributed by atoms with van der Waals surface area (Å²) in [5.41, 5.74) is 7.82. The smallest absolute Gasteiger partial charge is 0.264 e. The van der Waals surface area contributed by atoms with E-state index in [4.69, 9.17) is 14.9 Å². The van der Waals surface area contributed by atoms with Crippen LogP contribution in [-0.4, -0.2) is 42.0 Å². The van der Waals surface area contributed by atoms with Gasteiger partial charge >= 0.3 is 0 Å². The number of nitrogen functional groups attached to an aromatic ring is 1. The van der Waals surface area contributed by atoms with Crippen LogP contribution in [0.25, 0.3) is 28.0 Å². The zero-order valence-electron chi connectivity index (χ0n) is 19.5. The Morgan fingerprint density at radius 3 is 2.74 bits per heavy atom. The lowest BCUT2D eigenvalue weighted by molar-refractivity contribution is 0.397. The van der Waals surface area contributed by atoms with Gasteiger partial charge in [-0.15, -0.1) is 10.2 Å². The lowest BCUT2D eigenvalue weighted by Gasteiger charge is -2.21. The van der Waals surface area contributed by atoms with Gasteiger partial charge in [0.15, 0.2) is 5.82 Å². The predicted molar refractivity (Wildman–Crippen MR) is 129 cm³/mol. The number of ether oxygens (including phenoxy) is 1. The first kappa shape index (κ1) is 22.1. The van der Waals surface area contributed by atoms with Crippen molar-refractivity contribution in [3.63, 3.8) is 0 Å². The van der Waals surface area contributed by atoms with E-state index in [2.05, 4.69) is 35.7 Å². The van der Waals surface area contributed by atoms with E-state index in [1.165, 1.54) is 13.4 Å². The molecular weight excluding hydrogens is 450 g/mol. The van der Waals surface area contributed by atoms with Crippen LogP contribution in [0.4, 0.5) is 11.6 Å². The Kier molecular flexibility index (Phi) is 5.40. The fraction of sp³-hybridized carbons (Fsp3) is 0.217. The summed E-state index contributed by atoms with van der Waals surface area (Å²) in [5.74, 6) is 1.97. The molecule has 0 aliphatic heterocycles. The summed E-state index contributed by atoms with van der Waals surface area (Å²) in [6.45, 7) is 5.49. The van der Waals surface area contributed by atoms with E-state index in [1.54, 1.807) is 17.6 Å². The molecule has 4 aromatic heterocycles. The second-order valence-corrected chi connectivity index (χ2v) is 8.02. The van der Waals surface area contributed by atoms with E-state index in [-0.39, 0.29) is 17.3 Å². The van der Waals surface area contributed by atoms with Gasteiger partial charge in [-0.3, -0.25) is 9.36 Å². The Bertz CT molecular complexity index is 1600. The third-order valence-electron chi connectivity index (χ3n) is 5.69. The van der Waals surface area contributed by atoms with Crippen molar-refractivity contribution in [2.24, 2.45) is 0 Å². The van der Waals surface area contributed by atoms with Crippen LogP contribution in [0.3, 0.4) is 0 Å². The number of hydrogen-bond acceptors (Lipinski definition) is 10. The number of anilines is 2. The number of aromatic nitrogens is 7. The molecule has 1 aromatic carbocycles. The molecule has 0 radical (unpaired) electrons. The molecule has 178 valence electrons. The molecule has 4 heterocycles. The minimum Gasteiger partial charge on any atom is -0.481 e. The number of benzene rings is 1. The number of aryl methyl sites for hydroxylation is 2.